The number of hydrogen-bond donors (Lipinski definition) is 0. The second kappa shape index (κ2) is 7.10. The van der Waals surface area contributed by atoms with Crippen LogP contribution in [0.15, 0.2) is 51.8 Å². The Morgan fingerprint density at radius 2 is 1.50 bits per heavy atom. The Morgan fingerprint density at radius 3 is 2.10 bits per heavy atom. The van der Waals surface area contributed by atoms with Gasteiger partial charge in [0.1, 0.15) is 0 Å². The summed E-state index contributed by atoms with van der Waals surface area (Å²) in [5.74, 6) is 0. The van der Waals surface area contributed by atoms with E-state index in [0.29, 0.717) is 0 Å². The number of hydrogen-bond acceptors (Lipinski definition) is 0. The van der Waals surface area contributed by atoms with Crippen molar-refractivity contribution in [1.82, 2.24) is 0 Å². The molecule has 1 fully saturated rings. The Labute approximate surface area is 190 Å². The van der Waals surface area contributed by atoms with Crippen LogP contribution in [0.25, 0.3) is 11.1 Å². The van der Waals surface area contributed by atoms with E-state index in [1.165, 1.54) is 41.5 Å². The van der Waals surface area contributed by atoms with Gasteiger partial charge in [0.2, 0.25) is 0 Å². The molecule has 0 heterocycles. The maximum absolute atomic E-state index is 2.65. The molecular formula is C29H34Zr. The first kappa shape index (κ1) is 20.6. The maximum atomic E-state index is 2.65. The van der Waals surface area contributed by atoms with E-state index in [2.05, 4.69) is 90.1 Å². The van der Waals surface area contributed by atoms with Crippen molar-refractivity contribution in [2.45, 2.75) is 78.1 Å². The van der Waals surface area contributed by atoms with Gasteiger partial charge in [-0.3, -0.25) is 0 Å². The average molecular weight is 474 g/mol. The zero-order valence-corrected chi connectivity index (χ0v) is 21.9. The van der Waals surface area contributed by atoms with Gasteiger partial charge in [-0.05, 0) is 0 Å². The molecule has 3 aliphatic rings. The summed E-state index contributed by atoms with van der Waals surface area (Å²) in [6.45, 7) is 14.1. The zero-order chi connectivity index (χ0) is 21.3. The summed E-state index contributed by atoms with van der Waals surface area (Å²) in [5, 5.41) is 0. The number of allylic oxidation sites excluding steroid dienone is 4. The Morgan fingerprint density at radius 1 is 0.800 bits per heavy atom. The Balaban J connectivity index is 1.75. The van der Waals surface area contributed by atoms with Crippen LogP contribution in [0.5, 0.6) is 0 Å². The molecule has 0 aliphatic heterocycles. The quantitative estimate of drug-likeness (QED) is 0.379. The summed E-state index contributed by atoms with van der Waals surface area (Å²) in [4.78, 5) is 0. The van der Waals surface area contributed by atoms with Crippen molar-refractivity contribution in [2.24, 2.45) is 0 Å². The molecule has 2 aromatic rings. The van der Waals surface area contributed by atoms with Gasteiger partial charge in [-0.15, -0.1) is 0 Å². The fourth-order valence-corrected chi connectivity index (χ4v) is 12.8. The van der Waals surface area contributed by atoms with Crippen LogP contribution in [-0.4, -0.2) is 3.21 Å². The number of fused-ring (bicyclic) bond motifs is 3. The minimum atomic E-state index is -1.93. The van der Waals surface area contributed by atoms with E-state index in [9.17, 15) is 0 Å². The van der Waals surface area contributed by atoms with E-state index >= 15 is 0 Å². The Kier molecular flexibility index (Phi) is 4.87. The van der Waals surface area contributed by atoms with Crippen molar-refractivity contribution in [3.05, 3.63) is 74.1 Å². The summed E-state index contributed by atoms with van der Waals surface area (Å²) < 4.78 is 5.52. The molecule has 0 saturated heterocycles. The number of benzene rings is 2. The van der Waals surface area contributed by atoms with Crippen molar-refractivity contribution < 1.29 is 21.3 Å². The van der Waals surface area contributed by atoms with Crippen molar-refractivity contribution in [3.8, 4) is 11.1 Å². The molecule has 0 unspecified atom stereocenters. The van der Waals surface area contributed by atoms with Crippen LogP contribution < -0.4 is 3.27 Å². The van der Waals surface area contributed by atoms with Crippen LogP contribution in [-0.2, 0) is 38.5 Å². The van der Waals surface area contributed by atoms with Crippen LogP contribution in [0, 0.1) is 0 Å². The summed E-state index contributed by atoms with van der Waals surface area (Å²) in [5.41, 5.74) is 9.60. The molecule has 0 radical (unpaired) electrons. The number of rotatable bonds is 2. The molecule has 2 aromatic carbocycles. The average Bonchev–Trinajstić information content (AvgIpc) is 3.21. The molecule has 0 aromatic heterocycles. The molecule has 0 spiro atoms. The molecule has 1 saturated carbocycles. The summed E-state index contributed by atoms with van der Waals surface area (Å²) in [6, 6.07) is 12.5. The molecule has 1 heteroatoms. The SMILES string of the molecule is CC(C)(C)c1ccc2c(c1)-c1cc(C(C)(C)C)c[c]([Zr]([C]3=CC=CC3)=[C]3CC3)c1C2. The second-order valence-corrected chi connectivity index (χ2v) is 17.9. The topological polar surface area (TPSA) is 0 Å². The molecule has 5 rings (SSSR count). The van der Waals surface area contributed by atoms with Gasteiger partial charge in [-0.25, -0.2) is 0 Å². The van der Waals surface area contributed by atoms with E-state index in [1.807, 2.05) is 3.21 Å². The van der Waals surface area contributed by atoms with Crippen molar-refractivity contribution in [2.75, 3.05) is 0 Å². The van der Waals surface area contributed by atoms with Crippen molar-refractivity contribution >= 4 is 6.48 Å². The van der Waals surface area contributed by atoms with Gasteiger partial charge >= 0.3 is 191 Å². The first-order chi connectivity index (χ1) is 14.1. The Bertz CT molecular complexity index is 1130. The van der Waals surface area contributed by atoms with Crippen LogP contribution in [0.2, 0.25) is 0 Å². The van der Waals surface area contributed by atoms with Gasteiger partial charge in [0.15, 0.2) is 0 Å². The van der Waals surface area contributed by atoms with E-state index in [1.54, 1.807) is 17.7 Å². The molecule has 0 amide bonds. The van der Waals surface area contributed by atoms with E-state index < -0.39 is 21.3 Å². The molecule has 0 N–H and O–H groups in total. The zero-order valence-electron chi connectivity index (χ0n) is 19.4. The molecule has 3 aliphatic carbocycles. The second-order valence-electron chi connectivity index (χ2n) is 11.4. The van der Waals surface area contributed by atoms with Crippen LogP contribution in [0.1, 0.15) is 83.1 Å². The summed E-state index contributed by atoms with van der Waals surface area (Å²) >= 11 is -1.93. The van der Waals surface area contributed by atoms with E-state index in [0.717, 1.165) is 6.42 Å². The van der Waals surface area contributed by atoms with Crippen molar-refractivity contribution in [1.29, 1.82) is 0 Å². The monoisotopic (exact) mass is 472 g/mol. The van der Waals surface area contributed by atoms with Gasteiger partial charge in [-0.2, -0.15) is 0 Å². The standard InChI is InChI=1S/C21H25.C5H5.C3H4.Zr/c1-20(2,3)16-9-7-14-11-15-8-10-17(21(4,5)6)13-19(15)18(14)12-16;1-2-4-5-3-1;1-2-3-1;/h7,9-10,12-13H,11H2,1-6H3;1-3H,4H2;1-2H2;. The third-order valence-corrected chi connectivity index (χ3v) is 14.8. The molecule has 30 heavy (non-hydrogen) atoms. The summed E-state index contributed by atoms with van der Waals surface area (Å²) in [6.07, 6.45) is 12.3. The van der Waals surface area contributed by atoms with E-state index in [-0.39, 0.29) is 10.8 Å². The predicted octanol–water partition coefficient (Wildman–Crippen LogP) is 6.91. The Hall–Kier alpha value is -1.33. The van der Waals surface area contributed by atoms with Gasteiger partial charge in [0, 0.05) is 0 Å². The van der Waals surface area contributed by atoms with Gasteiger partial charge < -0.3 is 0 Å². The van der Waals surface area contributed by atoms with Gasteiger partial charge in [-0.1, -0.05) is 0 Å². The fraction of sp³-hybridized carbons (Fsp3) is 0.414. The first-order valence-electron chi connectivity index (χ1n) is 11.5. The van der Waals surface area contributed by atoms with Crippen LogP contribution in [0.4, 0.5) is 0 Å². The molecule has 0 atom stereocenters. The van der Waals surface area contributed by atoms with Crippen LogP contribution in [0.3, 0.4) is 0 Å². The van der Waals surface area contributed by atoms with Crippen molar-refractivity contribution in [3.63, 3.8) is 0 Å². The van der Waals surface area contributed by atoms with Gasteiger partial charge in [0.25, 0.3) is 0 Å². The molecule has 0 nitrogen and oxygen atoms in total. The molecule has 154 valence electrons. The predicted molar refractivity (Wildman–Crippen MR) is 128 cm³/mol. The molecular weight excluding hydrogens is 440 g/mol. The third-order valence-electron chi connectivity index (χ3n) is 6.96. The fourth-order valence-electron chi connectivity index (χ4n) is 4.93. The van der Waals surface area contributed by atoms with Gasteiger partial charge in [0.05, 0.1) is 0 Å². The first-order valence-corrected chi connectivity index (χ1v) is 15.2. The minimum absolute atomic E-state index is 0.180. The van der Waals surface area contributed by atoms with E-state index in [4.69, 9.17) is 0 Å². The normalized spacial score (nSPS) is 17.1. The van der Waals surface area contributed by atoms with Crippen LogP contribution >= 0.6 is 0 Å². The summed E-state index contributed by atoms with van der Waals surface area (Å²) in [7, 11) is 0. The molecule has 0 bridgehead atoms. The third kappa shape index (κ3) is 3.62.